The fourth-order valence-corrected chi connectivity index (χ4v) is 1.59. The summed E-state index contributed by atoms with van der Waals surface area (Å²) in [5.74, 6) is 0. The molecule has 2 heterocycles. The molecule has 6 heteroatoms. The second kappa shape index (κ2) is 4.80. The topological polar surface area (TPSA) is 30.2 Å². The number of nitrogens with zero attached hydrogens (tertiary/aromatic N) is 3. The Bertz CT molecular complexity index is 521. The highest BCUT2D eigenvalue weighted by Crippen LogP contribution is 2.28. The molecule has 0 bridgehead atoms. The van der Waals surface area contributed by atoms with Crippen LogP contribution >= 0.6 is 0 Å². The van der Waals surface area contributed by atoms with Crippen LogP contribution in [-0.4, -0.2) is 22.2 Å². The molecule has 0 N–H and O–H groups in total. The smallest absolute Gasteiger partial charge is 0.250 e. The maximum Gasteiger partial charge on any atom is 0.433 e. The van der Waals surface area contributed by atoms with Crippen LogP contribution < -0.4 is 0 Å². The van der Waals surface area contributed by atoms with Crippen molar-refractivity contribution in [3.63, 3.8) is 0 Å². The molecule has 2 rings (SSSR count). The van der Waals surface area contributed by atoms with E-state index in [1.54, 1.807) is 12.3 Å². The third-order valence-electron chi connectivity index (χ3n) is 2.47. The molecule has 0 aromatic carbocycles. The van der Waals surface area contributed by atoms with E-state index >= 15 is 0 Å². The number of hydrogen-bond acceptors (Lipinski definition) is 2. The Kier molecular flexibility index (Phi) is 3.36. The van der Waals surface area contributed by atoms with Gasteiger partial charge in [-0.05, 0) is 25.8 Å². The summed E-state index contributed by atoms with van der Waals surface area (Å²) >= 11 is 0. The Hall–Kier alpha value is -1.85. The molecule has 1 aliphatic rings. The lowest BCUT2D eigenvalue weighted by Gasteiger charge is -2.10. The summed E-state index contributed by atoms with van der Waals surface area (Å²) in [6.07, 6.45) is 2.27. The van der Waals surface area contributed by atoms with Crippen molar-refractivity contribution in [2.45, 2.75) is 25.9 Å². The minimum Gasteiger partial charge on any atom is -0.250 e. The van der Waals surface area contributed by atoms with Gasteiger partial charge in [0.2, 0.25) is 0 Å². The maximum atomic E-state index is 12.6. The van der Waals surface area contributed by atoms with Gasteiger partial charge in [-0.2, -0.15) is 18.3 Å². The van der Waals surface area contributed by atoms with Gasteiger partial charge >= 0.3 is 6.18 Å². The van der Waals surface area contributed by atoms with Gasteiger partial charge in [0.1, 0.15) is 5.70 Å². The number of aryl methyl sites for hydroxylation is 1. The fraction of sp³-hybridized carbons (Fsp3) is 0.333. The third-order valence-corrected chi connectivity index (χ3v) is 2.47. The summed E-state index contributed by atoms with van der Waals surface area (Å²) < 4.78 is 39.2. The number of alkyl halides is 3. The van der Waals surface area contributed by atoms with Crippen molar-refractivity contribution in [2.75, 3.05) is 0 Å². The van der Waals surface area contributed by atoms with Crippen LogP contribution in [0.25, 0.3) is 5.70 Å². The molecule has 1 aromatic heterocycles. The van der Waals surface area contributed by atoms with Gasteiger partial charge in [0, 0.05) is 6.20 Å². The van der Waals surface area contributed by atoms with Gasteiger partial charge in [-0.25, -0.2) is 9.67 Å². The van der Waals surface area contributed by atoms with E-state index in [4.69, 9.17) is 0 Å². The first-order chi connectivity index (χ1) is 8.47. The van der Waals surface area contributed by atoms with Gasteiger partial charge in [0.15, 0.2) is 0 Å². The summed E-state index contributed by atoms with van der Waals surface area (Å²) in [4.78, 5) is 3.50. The van der Waals surface area contributed by atoms with Crippen molar-refractivity contribution in [3.8, 4) is 0 Å². The standard InChI is InChI=1S/C12H12F3N3/c1-9-6-7-18(17-9)10-4-2-3-5-11(16-8-10)12(13,14)15/h4-8H,2-3H2,1H3. The van der Waals surface area contributed by atoms with Crippen LogP contribution in [0, 0.1) is 6.92 Å². The van der Waals surface area contributed by atoms with Crippen LogP contribution in [0.2, 0.25) is 0 Å². The first-order valence-electron chi connectivity index (χ1n) is 5.51. The Morgan fingerprint density at radius 1 is 1.22 bits per heavy atom. The van der Waals surface area contributed by atoms with Crippen molar-refractivity contribution in [2.24, 2.45) is 4.99 Å². The Morgan fingerprint density at radius 3 is 2.56 bits per heavy atom. The number of rotatable bonds is 1. The van der Waals surface area contributed by atoms with E-state index in [9.17, 15) is 13.2 Å². The van der Waals surface area contributed by atoms with E-state index in [2.05, 4.69) is 10.1 Å². The van der Waals surface area contributed by atoms with E-state index in [1.165, 1.54) is 10.9 Å². The van der Waals surface area contributed by atoms with E-state index in [0.29, 0.717) is 18.5 Å². The quantitative estimate of drug-likeness (QED) is 0.757. The lowest BCUT2D eigenvalue weighted by Crippen LogP contribution is -2.11. The second-order valence-corrected chi connectivity index (χ2v) is 3.95. The van der Waals surface area contributed by atoms with Crippen LogP contribution in [0.4, 0.5) is 13.2 Å². The summed E-state index contributed by atoms with van der Waals surface area (Å²) in [5.41, 5.74) is 0.507. The van der Waals surface area contributed by atoms with Gasteiger partial charge < -0.3 is 0 Å². The third kappa shape index (κ3) is 2.88. The van der Waals surface area contributed by atoms with Gasteiger partial charge in [0.25, 0.3) is 0 Å². The van der Waals surface area contributed by atoms with Crippen molar-refractivity contribution in [1.29, 1.82) is 0 Å². The molecule has 1 aromatic rings. The number of hydrogen-bond donors (Lipinski definition) is 0. The Morgan fingerprint density at radius 2 is 1.94 bits per heavy atom. The maximum absolute atomic E-state index is 12.6. The molecule has 0 fully saturated rings. The summed E-state index contributed by atoms with van der Waals surface area (Å²) in [6, 6.07) is 1.79. The Balaban J connectivity index is 2.28. The minimum atomic E-state index is -4.40. The van der Waals surface area contributed by atoms with Crippen molar-refractivity contribution < 1.29 is 13.2 Å². The molecule has 0 unspecified atom stereocenters. The van der Waals surface area contributed by atoms with E-state index in [1.807, 2.05) is 13.0 Å². The van der Waals surface area contributed by atoms with Crippen LogP contribution in [-0.2, 0) is 0 Å². The van der Waals surface area contributed by atoms with E-state index in [0.717, 1.165) is 11.8 Å². The van der Waals surface area contributed by atoms with Crippen molar-refractivity contribution >= 4 is 11.9 Å². The highest BCUT2D eigenvalue weighted by atomic mass is 19.4. The molecule has 0 saturated heterocycles. The SMILES string of the molecule is Cc1ccn(C2=CCCC=C(C(F)(F)F)N=C2)n1. The summed E-state index contributed by atoms with van der Waals surface area (Å²) in [5, 5.41) is 4.15. The average Bonchev–Trinajstić information content (AvgIpc) is 2.62. The first-order valence-corrected chi connectivity index (χ1v) is 5.51. The van der Waals surface area contributed by atoms with E-state index in [-0.39, 0.29) is 0 Å². The zero-order valence-electron chi connectivity index (χ0n) is 9.78. The lowest BCUT2D eigenvalue weighted by atomic mass is 10.2. The minimum absolute atomic E-state index is 0.315. The van der Waals surface area contributed by atoms with Crippen molar-refractivity contribution in [1.82, 2.24) is 9.78 Å². The average molecular weight is 255 g/mol. The molecule has 96 valence electrons. The molecule has 1 aliphatic heterocycles. The number of halogens is 3. The molecule has 0 aliphatic carbocycles. The molecular weight excluding hydrogens is 243 g/mol. The normalized spacial score (nSPS) is 16.9. The molecular formula is C12H12F3N3. The summed E-state index contributed by atoms with van der Waals surface area (Å²) in [7, 11) is 0. The molecule has 0 radical (unpaired) electrons. The highest BCUT2D eigenvalue weighted by Gasteiger charge is 2.33. The Labute approximate surface area is 102 Å². The molecule has 0 spiro atoms. The first kappa shape index (κ1) is 12.6. The van der Waals surface area contributed by atoms with Gasteiger partial charge in [-0.1, -0.05) is 12.2 Å². The van der Waals surface area contributed by atoms with E-state index < -0.39 is 11.9 Å². The van der Waals surface area contributed by atoms with Gasteiger partial charge in [-0.3, -0.25) is 0 Å². The number of allylic oxidation sites excluding steroid dienone is 4. The molecule has 0 atom stereocenters. The van der Waals surface area contributed by atoms with Gasteiger partial charge in [0.05, 0.1) is 17.6 Å². The van der Waals surface area contributed by atoms with Crippen LogP contribution in [0.5, 0.6) is 0 Å². The van der Waals surface area contributed by atoms with Crippen LogP contribution in [0.3, 0.4) is 0 Å². The highest BCUT2D eigenvalue weighted by molar-refractivity contribution is 6.02. The molecule has 0 amide bonds. The zero-order chi connectivity index (χ0) is 13.2. The fourth-order valence-electron chi connectivity index (χ4n) is 1.59. The molecule has 3 nitrogen and oxygen atoms in total. The largest absolute Gasteiger partial charge is 0.433 e. The number of aliphatic imine (C=N–C) groups is 1. The molecule has 0 saturated carbocycles. The monoisotopic (exact) mass is 255 g/mol. The van der Waals surface area contributed by atoms with Gasteiger partial charge in [-0.15, -0.1) is 0 Å². The lowest BCUT2D eigenvalue weighted by molar-refractivity contribution is -0.0925. The van der Waals surface area contributed by atoms with Crippen molar-refractivity contribution in [3.05, 3.63) is 35.8 Å². The molecule has 18 heavy (non-hydrogen) atoms. The van der Waals surface area contributed by atoms with Crippen LogP contribution in [0.1, 0.15) is 18.5 Å². The second-order valence-electron chi connectivity index (χ2n) is 3.95. The summed E-state index contributed by atoms with van der Waals surface area (Å²) in [6.45, 7) is 1.82. The number of aromatic nitrogens is 2. The predicted octanol–water partition coefficient (Wildman–Crippen LogP) is 3.34. The predicted molar refractivity (Wildman–Crippen MR) is 63.1 cm³/mol. The zero-order valence-corrected chi connectivity index (χ0v) is 9.78. The van der Waals surface area contributed by atoms with Crippen LogP contribution in [0.15, 0.2) is 35.1 Å².